The molecule has 6 nitrogen and oxygen atoms in total. The number of halogens is 1. The smallest absolute Gasteiger partial charge is 0.311 e. The van der Waals surface area contributed by atoms with Gasteiger partial charge >= 0.3 is 5.97 Å². The first-order valence-electron chi connectivity index (χ1n) is 10.3. The van der Waals surface area contributed by atoms with E-state index in [0.29, 0.717) is 12.0 Å². The number of tetrazole rings is 1. The fourth-order valence-corrected chi connectivity index (χ4v) is 3.32. The molecule has 28 heavy (non-hydrogen) atoms. The lowest BCUT2D eigenvalue weighted by molar-refractivity contribution is -0.136. The van der Waals surface area contributed by atoms with Crippen LogP contribution in [0.1, 0.15) is 82.5 Å². The largest absolute Gasteiger partial charge is 0.481 e. The summed E-state index contributed by atoms with van der Waals surface area (Å²) in [6.45, 7) is 2.21. The van der Waals surface area contributed by atoms with Crippen molar-refractivity contribution in [2.24, 2.45) is 0 Å². The number of carbonyl (C=O) groups is 1. The molecule has 0 saturated carbocycles. The maximum Gasteiger partial charge on any atom is 0.311 e. The number of hydrogen-bond acceptors (Lipinski definition) is 4. The Labute approximate surface area is 166 Å². The summed E-state index contributed by atoms with van der Waals surface area (Å²) in [6.07, 6.45) is 10.2. The molecule has 1 aromatic heterocycles. The maximum atomic E-state index is 16.0. The summed E-state index contributed by atoms with van der Waals surface area (Å²) < 4.78 is 16.0. The molecule has 0 spiro atoms. The van der Waals surface area contributed by atoms with Gasteiger partial charge in [-0.2, -0.15) is 0 Å². The molecule has 0 saturated heterocycles. The molecule has 0 aliphatic carbocycles. The van der Waals surface area contributed by atoms with Gasteiger partial charge in [-0.25, -0.2) is 4.39 Å². The van der Waals surface area contributed by atoms with Crippen LogP contribution in [0.2, 0.25) is 0 Å². The minimum Gasteiger partial charge on any atom is -0.481 e. The minimum absolute atomic E-state index is 0.0116. The Morgan fingerprint density at radius 2 is 1.64 bits per heavy atom. The average molecular weight is 391 g/mol. The third kappa shape index (κ3) is 6.69. The third-order valence-electron chi connectivity index (χ3n) is 4.91. The van der Waals surface area contributed by atoms with Gasteiger partial charge < -0.3 is 5.11 Å². The van der Waals surface area contributed by atoms with Crippen LogP contribution in [0.15, 0.2) is 30.3 Å². The van der Waals surface area contributed by atoms with E-state index in [0.717, 1.165) is 17.6 Å². The molecule has 0 amide bonds. The van der Waals surface area contributed by atoms with Crippen LogP contribution < -0.4 is 0 Å². The van der Waals surface area contributed by atoms with E-state index in [2.05, 4.69) is 22.3 Å². The number of alkyl halides is 1. The zero-order valence-electron chi connectivity index (χ0n) is 16.7. The molecule has 1 N–H and O–H groups in total. The molecule has 7 heteroatoms. The number of carboxylic acid groups (broad SMARTS) is 1. The lowest BCUT2D eigenvalue weighted by Crippen LogP contribution is -2.32. The molecule has 0 fully saturated rings. The highest BCUT2D eigenvalue weighted by Crippen LogP contribution is 2.32. The van der Waals surface area contributed by atoms with Crippen LogP contribution in [0.3, 0.4) is 0 Å². The number of aliphatic carboxylic acids is 1. The number of hydrogen-bond donors (Lipinski definition) is 1. The van der Waals surface area contributed by atoms with Crippen molar-refractivity contribution in [2.75, 3.05) is 0 Å². The first-order chi connectivity index (χ1) is 13.6. The van der Waals surface area contributed by atoms with Crippen LogP contribution in [0, 0.1) is 0 Å². The van der Waals surface area contributed by atoms with Crippen molar-refractivity contribution in [3.05, 3.63) is 41.7 Å². The molecule has 1 heterocycles. The van der Waals surface area contributed by atoms with Crippen molar-refractivity contribution in [1.29, 1.82) is 0 Å². The van der Waals surface area contributed by atoms with E-state index in [1.807, 2.05) is 6.07 Å². The first-order valence-corrected chi connectivity index (χ1v) is 10.3. The molecule has 0 bridgehead atoms. The third-order valence-corrected chi connectivity index (χ3v) is 4.91. The Hall–Kier alpha value is -2.31. The van der Waals surface area contributed by atoms with Crippen molar-refractivity contribution in [3.63, 3.8) is 0 Å². The van der Waals surface area contributed by atoms with Crippen LogP contribution in [0.5, 0.6) is 0 Å². The summed E-state index contributed by atoms with van der Waals surface area (Å²) >= 11 is 0. The van der Waals surface area contributed by atoms with Gasteiger partial charge in [0, 0.05) is 12.0 Å². The highest BCUT2D eigenvalue weighted by molar-refractivity contribution is 5.68. The first kappa shape index (κ1) is 22.0. The van der Waals surface area contributed by atoms with E-state index in [9.17, 15) is 4.79 Å². The molecule has 1 atom stereocenters. The maximum absolute atomic E-state index is 16.0. The van der Waals surface area contributed by atoms with Crippen molar-refractivity contribution >= 4 is 5.97 Å². The quantitative estimate of drug-likeness (QED) is 0.464. The van der Waals surface area contributed by atoms with Crippen LogP contribution in [0.25, 0.3) is 0 Å². The molecule has 0 aliphatic rings. The monoisotopic (exact) mass is 390 g/mol. The van der Waals surface area contributed by atoms with E-state index in [4.69, 9.17) is 5.11 Å². The SMILES string of the molecule is CCCCCCCCCCCC(F)(c1ccccc1)n1nnc(CC(=O)O)n1. The number of aromatic nitrogens is 4. The second-order valence-electron chi connectivity index (χ2n) is 7.27. The molecule has 2 rings (SSSR count). The summed E-state index contributed by atoms with van der Waals surface area (Å²) in [6, 6.07) is 8.78. The number of benzene rings is 1. The molecular weight excluding hydrogens is 359 g/mol. The second-order valence-corrected chi connectivity index (χ2v) is 7.27. The van der Waals surface area contributed by atoms with Crippen molar-refractivity contribution < 1.29 is 14.3 Å². The highest BCUT2D eigenvalue weighted by Gasteiger charge is 2.36. The standard InChI is InChI=1S/C21H31FN4O2/c1-2-3-4-5-6-7-8-9-13-16-21(22,18-14-11-10-12-15-18)26-24-19(23-25-26)17-20(27)28/h10-12,14-15H,2-9,13,16-17H2,1H3,(H,27,28). The Kier molecular flexibility index (Phi) is 9.04. The fourth-order valence-electron chi connectivity index (χ4n) is 3.32. The van der Waals surface area contributed by atoms with Gasteiger partial charge in [0.15, 0.2) is 5.82 Å². The number of nitrogens with zero attached hydrogens (tertiary/aromatic N) is 4. The molecule has 2 aromatic rings. The molecular formula is C21H31FN4O2. The van der Waals surface area contributed by atoms with Gasteiger partial charge in [-0.3, -0.25) is 4.79 Å². The van der Waals surface area contributed by atoms with E-state index in [1.165, 1.54) is 38.5 Å². The van der Waals surface area contributed by atoms with E-state index in [-0.39, 0.29) is 18.7 Å². The average Bonchev–Trinajstić information content (AvgIpc) is 3.15. The predicted octanol–water partition coefficient (Wildman–Crippen LogP) is 4.89. The van der Waals surface area contributed by atoms with Gasteiger partial charge in [-0.15, -0.1) is 15.0 Å². The molecule has 1 unspecified atom stereocenters. The molecule has 0 aliphatic heterocycles. The lowest BCUT2D eigenvalue weighted by Gasteiger charge is -2.24. The summed E-state index contributed by atoms with van der Waals surface area (Å²) in [7, 11) is 0. The lowest BCUT2D eigenvalue weighted by atomic mass is 9.97. The van der Waals surface area contributed by atoms with Crippen LogP contribution in [0.4, 0.5) is 4.39 Å². The zero-order chi connectivity index (χ0) is 20.2. The molecule has 1 aromatic carbocycles. The van der Waals surface area contributed by atoms with Gasteiger partial charge in [0.2, 0.25) is 5.79 Å². The Balaban J connectivity index is 1.93. The van der Waals surface area contributed by atoms with Crippen LogP contribution in [-0.2, 0) is 17.0 Å². The summed E-state index contributed by atoms with van der Waals surface area (Å²) in [4.78, 5) is 11.8. The molecule has 0 radical (unpaired) electrons. The van der Waals surface area contributed by atoms with Gasteiger partial charge in [-0.05, 0) is 11.6 Å². The van der Waals surface area contributed by atoms with Gasteiger partial charge in [0.1, 0.15) is 6.42 Å². The zero-order valence-corrected chi connectivity index (χ0v) is 16.7. The number of unbranched alkanes of at least 4 members (excludes halogenated alkanes) is 8. The van der Waals surface area contributed by atoms with Crippen molar-refractivity contribution in [2.45, 2.75) is 83.3 Å². The van der Waals surface area contributed by atoms with Crippen molar-refractivity contribution in [3.8, 4) is 0 Å². The molecule has 154 valence electrons. The van der Waals surface area contributed by atoms with E-state index < -0.39 is 11.8 Å². The number of carboxylic acids is 1. The van der Waals surface area contributed by atoms with Gasteiger partial charge in [0.25, 0.3) is 0 Å². The van der Waals surface area contributed by atoms with Gasteiger partial charge in [-0.1, -0.05) is 88.6 Å². The Bertz CT molecular complexity index is 707. The van der Waals surface area contributed by atoms with Crippen molar-refractivity contribution in [1.82, 2.24) is 20.2 Å². The van der Waals surface area contributed by atoms with E-state index >= 15 is 4.39 Å². The fraction of sp³-hybridized carbons (Fsp3) is 0.619. The summed E-state index contributed by atoms with van der Waals surface area (Å²) in [5, 5.41) is 20.4. The summed E-state index contributed by atoms with van der Waals surface area (Å²) in [5.74, 6) is -2.98. The Morgan fingerprint density at radius 3 is 2.25 bits per heavy atom. The second kappa shape index (κ2) is 11.5. The minimum atomic E-state index is -1.92. The topological polar surface area (TPSA) is 80.9 Å². The Morgan fingerprint density at radius 1 is 1.04 bits per heavy atom. The summed E-state index contributed by atoms with van der Waals surface area (Å²) in [5.41, 5.74) is 0.453. The normalized spacial score (nSPS) is 13.4. The van der Waals surface area contributed by atoms with Gasteiger partial charge in [0.05, 0.1) is 0 Å². The number of rotatable bonds is 14. The van der Waals surface area contributed by atoms with E-state index in [1.54, 1.807) is 24.3 Å². The van der Waals surface area contributed by atoms with Crippen LogP contribution in [-0.4, -0.2) is 31.3 Å². The highest BCUT2D eigenvalue weighted by atomic mass is 19.1. The predicted molar refractivity (Wildman–Crippen MR) is 106 cm³/mol. The van der Waals surface area contributed by atoms with Crippen LogP contribution >= 0.6 is 0 Å².